The summed E-state index contributed by atoms with van der Waals surface area (Å²) in [6, 6.07) is 26.0. The molecule has 0 saturated carbocycles. The van der Waals surface area contributed by atoms with Crippen LogP contribution in [0.4, 0.5) is 0 Å². The van der Waals surface area contributed by atoms with E-state index < -0.39 is 0 Å². The van der Waals surface area contributed by atoms with Crippen molar-refractivity contribution in [2.45, 2.75) is 6.04 Å². The van der Waals surface area contributed by atoms with Gasteiger partial charge in [-0.3, -0.25) is 5.01 Å². The van der Waals surface area contributed by atoms with E-state index in [2.05, 4.69) is 58.6 Å². The van der Waals surface area contributed by atoms with Gasteiger partial charge in [0.25, 0.3) is 0 Å². The van der Waals surface area contributed by atoms with E-state index in [1.165, 1.54) is 22.3 Å². The Bertz CT molecular complexity index is 976. The number of halogens is 1. The first kappa shape index (κ1) is 17.5. The zero-order valence-electron chi connectivity index (χ0n) is 15.7. The zero-order valence-corrected chi connectivity index (χ0v) is 16.4. The van der Waals surface area contributed by atoms with Gasteiger partial charge >= 0.3 is 0 Å². The van der Waals surface area contributed by atoms with Crippen molar-refractivity contribution in [3.63, 3.8) is 0 Å². The fraction of sp³-hybridized carbons (Fsp3) is 0.208. The van der Waals surface area contributed by atoms with Crippen LogP contribution in [0.15, 0.2) is 77.9 Å². The highest BCUT2D eigenvalue weighted by Crippen LogP contribution is 2.41. The predicted molar refractivity (Wildman–Crippen MR) is 115 cm³/mol. The first-order valence-corrected chi connectivity index (χ1v) is 10.2. The van der Waals surface area contributed by atoms with Crippen molar-refractivity contribution in [2.75, 3.05) is 26.2 Å². The molecule has 5 rings (SSSR count). The number of rotatable bonds is 3. The Kier molecular flexibility index (Phi) is 4.63. The van der Waals surface area contributed by atoms with Crippen LogP contribution < -0.4 is 4.90 Å². The van der Waals surface area contributed by atoms with Crippen molar-refractivity contribution in [1.82, 2.24) is 5.01 Å². The molecule has 1 heterocycles. The van der Waals surface area contributed by atoms with E-state index >= 15 is 0 Å². The maximum absolute atomic E-state index is 6.06. The Balaban J connectivity index is 1.32. The van der Waals surface area contributed by atoms with E-state index in [0.717, 1.165) is 36.8 Å². The highest BCUT2D eigenvalue weighted by molar-refractivity contribution is 6.30. The summed E-state index contributed by atoms with van der Waals surface area (Å²) in [5.41, 5.74) is 6.78. The summed E-state index contributed by atoms with van der Waals surface area (Å²) in [5, 5.41) is 7.61. The number of hydrazone groups is 1. The van der Waals surface area contributed by atoms with Crippen molar-refractivity contribution < 1.29 is 4.90 Å². The quantitative estimate of drug-likeness (QED) is 0.679. The van der Waals surface area contributed by atoms with Gasteiger partial charge in [-0.25, -0.2) is 0 Å². The summed E-state index contributed by atoms with van der Waals surface area (Å²) in [7, 11) is 0. The Morgan fingerprint density at radius 1 is 0.857 bits per heavy atom. The standard InChI is InChI=1S/C24H22ClN3/c25-19-7-5-6-18(16-19)17-26-28-14-12-27(13-15-28)24-22-10-3-1-8-20(22)21-9-2-4-11-23(21)24/h1-11,16-17,24H,12-15H2/p+1/b26-17+. The minimum atomic E-state index is 0.437. The highest BCUT2D eigenvalue weighted by Gasteiger charge is 2.37. The molecular formula is C24H23ClN3+. The average Bonchev–Trinajstić information content (AvgIpc) is 3.07. The summed E-state index contributed by atoms with van der Waals surface area (Å²) in [5.74, 6) is 0. The molecule has 1 fully saturated rings. The maximum Gasteiger partial charge on any atom is 0.140 e. The van der Waals surface area contributed by atoms with E-state index in [-0.39, 0.29) is 0 Å². The molecule has 4 heteroatoms. The second-order valence-electron chi connectivity index (χ2n) is 7.52. The van der Waals surface area contributed by atoms with Crippen LogP contribution in [0, 0.1) is 0 Å². The number of hydrogen-bond donors (Lipinski definition) is 1. The lowest BCUT2D eigenvalue weighted by atomic mass is 10.0. The topological polar surface area (TPSA) is 20.0 Å². The second-order valence-corrected chi connectivity index (χ2v) is 7.96. The van der Waals surface area contributed by atoms with Gasteiger partial charge in [0.1, 0.15) is 6.04 Å². The van der Waals surface area contributed by atoms with Crippen LogP contribution in [0.25, 0.3) is 11.1 Å². The lowest BCUT2D eigenvalue weighted by molar-refractivity contribution is -0.929. The van der Waals surface area contributed by atoms with Gasteiger partial charge in [-0.1, -0.05) is 72.3 Å². The van der Waals surface area contributed by atoms with Crippen LogP contribution in [0.3, 0.4) is 0 Å². The van der Waals surface area contributed by atoms with Gasteiger partial charge in [-0.2, -0.15) is 5.10 Å². The van der Waals surface area contributed by atoms with Gasteiger partial charge in [0.15, 0.2) is 0 Å². The Morgan fingerprint density at radius 2 is 1.50 bits per heavy atom. The van der Waals surface area contributed by atoms with E-state index in [4.69, 9.17) is 11.6 Å². The number of piperazine rings is 1. The molecule has 1 saturated heterocycles. The van der Waals surface area contributed by atoms with Crippen LogP contribution >= 0.6 is 11.6 Å². The van der Waals surface area contributed by atoms with Crippen molar-refractivity contribution in [3.8, 4) is 11.1 Å². The third kappa shape index (κ3) is 3.21. The molecule has 0 bridgehead atoms. The molecule has 3 aromatic carbocycles. The molecule has 28 heavy (non-hydrogen) atoms. The van der Waals surface area contributed by atoms with Crippen LogP contribution in [0.2, 0.25) is 5.02 Å². The van der Waals surface area contributed by atoms with Crippen LogP contribution in [0.1, 0.15) is 22.7 Å². The number of nitrogens with one attached hydrogen (secondary N) is 1. The molecule has 2 aliphatic rings. The number of hydrogen-bond acceptors (Lipinski definition) is 2. The molecule has 0 radical (unpaired) electrons. The van der Waals surface area contributed by atoms with Crippen LogP contribution in [-0.2, 0) is 0 Å². The molecule has 1 aliphatic carbocycles. The number of fused-ring (bicyclic) bond motifs is 3. The third-order valence-electron chi connectivity index (χ3n) is 5.84. The Morgan fingerprint density at radius 3 is 2.14 bits per heavy atom. The van der Waals surface area contributed by atoms with Crippen LogP contribution in [0.5, 0.6) is 0 Å². The van der Waals surface area contributed by atoms with Crippen molar-refractivity contribution in [1.29, 1.82) is 0 Å². The smallest absolute Gasteiger partial charge is 0.140 e. The Hall–Kier alpha value is -2.62. The molecule has 3 nitrogen and oxygen atoms in total. The van der Waals surface area contributed by atoms with E-state index in [1.54, 1.807) is 4.90 Å². The van der Waals surface area contributed by atoms with Crippen molar-refractivity contribution in [3.05, 3.63) is 94.5 Å². The lowest BCUT2D eigenvalue weighted by Crippen LogP contribution is -3.14. The number of benzene rings is 3. The average molecular weight is 389 g/mol. The van der Waals surface area contributed by atoms with Gasteiger partial charge in [-0.05, 0) is 28.8 Å². The largest absolute Gasteiger partial charge is 0.322 e. The van der Waals surface area contributed by atoms with Gasteiger partial charge in [0, 0.05) is 16.1 Å². The minimum Gasteiger partial charge on any atom is -0.322 e. The van der Waals surface area contributed by atoms with Gasteiger partial charge in [-0.15, -0.1) is 0 Å². The lowest BCUT2D eigenvalue weighted by Gasteiger charge is -2.34. The SMILES string of the molecule is Clc1cccc(/C=N/N2CC[NH+](C3c4ccccc4-c4ccccc43)CC2)c1. The van der Waals surface area contributed by atoms with E-state index in [9.17, 15) is 0 Å². The summed E-state index contributed by atoms with van der Waals surface area (Å²) in [6.07, 6.45) is 1.91. The monoisotopic (exact) mass is 388 g/mol. The van der Waals surface area contributed by atoms with Crippen molar-refractivity contribution >= 4 is 17.8 Å². The Labute approximate surface area is 170 Å². The van der Waals surface area contributed by atoms with Crippen LogP contribution in [-0.4, -0.2) is 37.4 Å². The minimum absolute atomic E-state index is 0.437. The third-order valence-corrected chi connectivity index (χ3v) is 6.08. The zero-order chi connectivity index (χ0) is 18.9. The predicted octanol–water partition coefficient (Wildman–Crippen LogP) is 3.64. The molecule has 1 aliphatic heterocycles. The normalized spacial score (nSPS) is 17.1. The van der Waals surface area contributed by atoms with Crippen molar-refractivity contribution in [2.24, 2.45) is 5.10 Å². The summed E-state index contributed by atoms with van der Waals surface area (Å²) in [4.78, 5) is 1.63. The summed E-state index contributed by atoms with van der Waals surface area (Å²) >= 11 is 6.06. The van der Waals surface area contributed by atoms with Gasteiger partial charge in [0.05, 0.1) is 32.4 Å². The molecule has 0 unspecified atom stereocenters. The molecule has 3 aromatic rings. The molecule has 1 N–H and O–H groups in total. The fourth-order valence-corrected chi connectivity index (χ4v) is 4.72. The second kappa shape index (κ2) is 7.42. The molecule has 0 spiro atoms. The molecule has 0 atom stereocenters. The van der Waals surface area contributed by atoms with Gasteiger partial charge < -0.3 is 4.90 Å². The molecule has 140 valence electrons. The number of quaternary nitrogens is 1. The fourth-order valence-electron chi connectivity index (χ4n) is 4.52. The van der Waals surface area contributed by atoms with E-state index in [1.807, 2.05) is 30.5 Å². The number of nitrogens with zero attached hydrogens (tertiary/aromatic N) is 2. The van der Waals surface area contributed by atoms with Gasteiger partial charge in [0.2, 0.25) is 0 Å². The molecular weight excluding hydrogens is 366 g/mol. The highest BCUT2D eigenvalue weighted by atomic mass is 35.5. The molecule has 0 amide bonds. The maximum atomic E-state index is 6.06. The summed E-state index contributed by atoms with van der Waals surface area (Å²) < 4.78 is 0. The van der Waals surface area contributed by atoms with E-state index in [0.29, 0.717) is 6.04 Å². The molecule has 0 aromatic heterocycles. The first-order valence-electron chi connectivity index (χ1n) is 9.87. The summed E-state index contributed by atoms with van der Waals surface area (Å²) in [6.45, 7) is 4.10. The first-order chi connectivity index (χ1) is 13.8.